The quantitative estimate of drug-likeness (QED) is 0.0212. The lowest BCUT2D eigenvalue weighted by Gasteiger charge is -2.30. The van der Waals surface area contributed by atoms with Gasteiger partial charge in [-0.15, -0.1) is 0 Å². The Labute approximate surface area is 444 Å². The van der Waals surface area contributed by atoms with Gasteiger partial charge < -0.3 is 28.5 Å². The number of nitrogens with one attached hydrogen (secondary N) is 1. The lowest BCUT2D eigenvalue weighted by atomic mass is 10.1. The molecule has 0 aliphatic heterocycles. The number of ether oxygens (including phenoxy) is 1. The van der Waals surface area contributed by atoms with Crippen molar-refractivity contribution in [3.63, 3.8) is 0 Å². The van der Waals surface area contributed by atoms with Crippen LogP contribution in [0.2, 0.25) is 0 Å². The van der Waals surface area contributed by atoms with Gasteiger partial charge in [-0.25, -0.2) is 0 Å². The maximum Gasteiger partial charge on any atom is 0.306 e. The number of esters is 1. The van der Waals surface area contributed by atoms with Crippen LogP contribution >= 0.6 is 7.82 Å². The lowest BCUT2D eigenvalue weighted by molar-refractivity contribution is -0.870. The Balaban J connectivity index is 5.37. The largest absolute Gasteiger partial charge is 0.756 e. The van der Waals surface area contributed by atoms with E-state index in [1.54, 1.807) is 0 Å². The minimum Gasteiger partial charge on any atom is -0.756 e. The van der Waals surface area contributed by atoms with Crippen molar-refractivity contribution in [1.82, 2.24) is 5.32 Å². The number of likely N-dealkylation sites (N-methyl/N-ethyl adjacent to an activating group) is 1. The number of carbonyl (C=O) groups is 2. The van der Waals surface area contributed by atoms with Gasteiger partial charge in [0.05, 0.1) is 33.8 Å². The number of nitrogens with zero attached hydrogens (tertiary/aromatic N) is 1. The fraction of sp³-hybridized carbons (Fsp3) is 0.742. The van der Waals surface area contributed by atoms with Crippen molar-refractivity contribution in [1.29, 1.82) is 0 Å². The Morgan fingerprint density at radius 1 is 0.500 bits per heavy atom. The summed E-state index contributed by atoms with van der Waals surface area (Å²) >= 11 is 0. The molecule has 0 fully saturated rings. The van der Waals surface area contributed by atoms with Crippen molar-refractivity contribution in [2.45, 2.75) is 258 Å². The molecule has 9 nitrogen and oxygen atoms in total. The van der Waals surface area contributed by atoms with Gasteiger partial charge >= 0.3 is 5.97 Å². The van der Waals surface area contributed by atoms with Gasteiger partial charge in [0.2, 0.25) is 5.91 Å². The van der Waals surface area contributed by atoms with Gasteiger partial charge in [-0.1, -0.05) is 215 Å². The van der Waals surface area contributed by atoms with Crippen LogP contribution in [0.15, 0.2) is 85.1 Å². The number of rotatable bonds is 52. The van der Waals surface area contributed by atoms with Crippen LogP contribution in [0.1, 0.15) is 245 Å². The molecule has 0 radical (unpaired) electrons. The van der Waals surface area contributed by atoms with E-state index in [-0.39, 0.29) is 24.9 Å². The van der Waals surface area contributed by atoms with Crippen LogP contribution in [0.4, 0.5) is 0 Å². The fourth-order valence-electron chi connectivity index (χ4n) is 8.01. The van der Waals surface area contributed by atoms with Crippen molar-refractivity contribution in [2.24, 2.45) is 0 Å². The predicted molar refractivity (Wildman–Crippen MR) is 307 cm³/mol. The van der Waals surface area contributed by atoms with Crippen LogP contribution in [0.5, 0.6) is 0 Å². The summed E-state index contributed by atoms with van der Waals surface area (Å²) in [7, 11) is 1.15. The van der Waals surface area contributed by atoms with E-state index < -0.39 is 26.6 Å². The highest BCUT2D eigenvalue weighted by molar-refractivity contribution is 7.45. The first-order valence-corrected chi connectivity index (χ1v) is 30.9. The van der Waals surface area contributed by atoms with Gasteiger partial charge in [0.25, 0.3) is 7.82 Å². The zero-order valence-electron chi connectivity index (χ0n) is 47.4. The van der Waals surface area contributed by atoms with Crippen molar-refractivity contribution in [3.05, 3.63) is 85.1 Å². The molecule has 10 heteroatoms. The Bertz CT molecular complexity index is 1510. The van der Waals surface area contributed by atoms with E-state index in [1.807, 2.05) is 33.3 Å². The normalized spacial score (nSPS) is 14.4. The number of unbranched alkanes of at least 4 members (excludes halogenated alkanes) is 24. The summed E-state index contributed by atoms with van der Waals surface area (Å²) in [6.07, 6.45) is 66.9. The van der Waals surface area contributed by atoms with Gasteiger partial charge in [-0.2, -0.15) is 0 Å². The monoisotopic (exact) mass is 1030 g/mol. The first kappa shape index (κ1) is 69.2. The maximum absolute atomic E-state index is 13.5. The molecule has 416 valence electrons. The number of amides is 1. The highest BCUT2D eigenvalue weighted by Crippen LogP contribution is 2.38. The average Bonchev–Trinajstić information content (AvgIpc) is 3.34. The number of hydrogen-bond donors (Lipinski definition) is 1. The smallest absolute Gasteiger partial charge is 0.306 e. The summed E-state index contributed by atoms with van der Waals surface area (Å²) in [4.78, 5) is 39.9. The van der Waals surface area contributed by atoms with Gasteiger partial charge in [0.1, 0.15) is 19.3 Å². The molecule has 0 saturated carbocycles. The topological polar surface area (TPSA) is 114 Å². The molecule has 0 rings (SSSR count). The van der Waals surface area contributed by atoms with Crippen molar-refractivity contribution in [2.75, 3.05) is 40.9 Å². The summed E-state index contributed by atoms with van der Waals surface area (Å²) in [6, 6.07) is -0.909. The zero-order chi connectivity index (χ0) is 52.9. The molecule has 0 spiro atoms. The van der Waals surface area contributed by atoms with E-state index in [1.165, 1.54) is 96.3 Å². The molecule has 0 bridgehead atoms. The Morgan fingerprint density at radius 2 is 0.889 bits per heavy atom. The van der Waals surface area contributed by atoms with Crippen LogP contribution < -0.4 is 10.2 Å². The van der Waals surface area contributed by atoms with Crippen molar-refractivity contribution < 1.29 is 37.3 Å². The molecule has 0 aromatic heterocycles. The molecule has 3 unspecified atom stereocenters. The summed E-state index contributed by atoms with van der Waals surface area (Å²) < 4.78 is 30.2. The molecule has 3 atom stereocenters. The SMILES string of the molecule is CC/C=C\C/C=C\C/C=C\C/C=C\C/C=C\CCCCCC(=O)OC(/C=C/CCCCCCCCCCC)C(COP(=O)([O-])OCC[N+](C)(C)C)NC(=O)CCCCCCC/C=C/CCCCCCCCC. The van der Waals surface area contributed by atoms with E-state index in [0.717, 1.165) is 109 Å². The first-order valence-electron chi connectivity index (χ1n) is 29.4. The molecule has 0 aromatic carbocycles. The van der Waals surface area contributed by atoms with Crippen LogP contribution in [0.3, 0.4) is 0 Å². The van der Waals surface area contributed by atoms with Crippen molar-refractivity contribution in [3.8, 4) is 0 Å². The van der Waals surface area contributed by atoms with Crippen LogP contribution in [-0.2, 0) is 27.9 Å². The van der Waals surface area contributed by atoms with E-state index in [0.29, 0.717) is 23.9 Å². The number of carbonyl (C=O) groups excluding carboxylic acids is 2. The van der Waals surface area contributed by atoms with E-state index >= 15 is 0 Å². The van der Waals surface area contributed by atoms with E-state index in [4.69, 9.17) is 13.8 Å². The van der Waals surface area contributed by atoms with Crippen LogP contribution in [0.25, 0.3) is 0 Å². The number of quaternary nitrogens is 1. The third-order valence-electron chi connectivity index (χ3n) is 12.6. The van der Waals surface area contributed by atoms with Gasteiger partial charge in [-0.3, -0.25) is 14.2 Å². The van der Waals surface area contributed by atoms with E-state index in [9.17, 15) is 19.0 Å². The van der Waals surface area contributed by atoms with Gasteiger partial charge in [-0.05, 0) is 102 Å². The molecule has 1 amide bonds. The van der Waals surface area contributed by atoms with Crippen LogP contribution in [-0.4, -0.2) is 69.4 Å². The van der Waals surface area contributed by atoms with Crippen molar-refractivity contribution >= 4 is 19.7 Å². The third-order valence-corrected chi connectivity index (χ3v) is 13.5. The van der Waals surface area contributed by atoms with Crippen LogP contribution in [0, 0.1) is 0 Å². The second-order valence-corrected chi connectivity index (χ2v) is 22.2. The number of phosphoric acid groups is 1. The molecule has 0 aliphatic rings. The molecular weight excluding hydrogens is 916 g/mol. The summed E-state index contributed by atoms with van der Waals surface area (Å²) in [5, 5.41) is 3.01. The van der Waals surface area contributed by atoms with E-state index in [2.05, 4.69) is 99.0 Å². The molecule has 0 heterocycles. The molecule has 0 aliphatic carbocycles. The highest BCUT2D eigenvalue weighted by atomic mass is 31.2. The molecule has 0 aromatic rings. The minimum absolute atomic E-state index is 0.0328. The number of phosphoric ester groups is 1. The Morgan fingerprint density at radius 3 is 1.36 bits per heavy atom. The number of hydrogen-bond acceptors (Lipinski definition) is 7. The minimum atomic E-state index is -4.71. The molecular formula is C62H111N2O7P. The van der Waals surface area contributed by atoms with Gasteiger partial charge in [0.15, 0.2) is 0 Å². The molecule has 0 saturated heterocycles. The second-order valence-electron chi connectivity index (χ2n) is 20.8. The lowest BCUT2D eigenvalue weighted by Crippen LogP contribution is -2.47. The third kappa shape index (κ3) is 52.1. The maximum atomic E-state index is 13.5. The average molecular weight is 1030 g/mol. The predicted octanol–water partition coefficient (Wildman–Crippen LogP) is 17.2. The Kier molecular flexibility index (Phi) is 49.6. The van der Waals surface area contributed by atoms with Gasteiger partial charge in [0, 0.05) is 12.8 Å². The molecule has 1 N–H and O–H groups in total. The highest BCUT2D eigenvalue weighted by Gasteiger charge is 2.27. The standard InChI is InChI=1S/C62H111N2O7P/c1-7-10-13-16-19-22-25-27-29-31-32-33-35-37-40-43-46-49-52-55-62(66)71-60(53-50-47-44-41-38-24-21-18-15-12-9-3)59(58-70-72(67,68)69-57-56-64(4,5)6)63-61(65)54-51-48-45-42-39-36-34-30-28-26-23-20-17-14-11-8-2/h10,13,19,22,27,29-30,32-34,37,40,50,53,59-60H,7-9,11-12,14-18,20-21,23-26,28,31,35-36,38-39,41-49,51-52,54-58H2,1-6H3,(H-,63,65,67,68)/b13-10-,22-19-,29-27-,33-32-,34-30+,40-37-,53-50+. The second kappa shape index (κ2) is 51.7. The summed E-state index contributed by atoms with van der Waals surface area (Å²) in [6.45, 7) is 6.68. The first-order chi connectivity index (χ1) is 34.9. The molecule has 72 heavy (non-hydrogen) atoms. The summed E-state index contributed by atoms with van der Waals surface area (Å²) in [5.41, 5.74) is 0. The number of allylic oxidation sites excluding steroid dienone is 13. The summed E-state index contributed by atoms with van der Waals surface area (Å²) in [5.74, 6) is -0.592. The fourth-order valence-corrected chi connectivity index (χ4v) is 8.74. The Hall–Kier alpha value is -2.81. The zero-order valence-corrected chi connectivity index (χ0v) is 48.3.